The molecular weight excluding hydrogens is 354 g/mol. The molecule has 4 aliphatic carbocycles. The second-order valence-corrected chi connectivity index (χ2v) is 8.68. The summed E-state index contributed by atoms with van der Waals surface area (Å²) in [6.45, 7) is 2.53. The zero-order chi connectivity index (χ0) is 19.6. The Labute approximate surface area is 166 Å². The van der Waals surface area contributed by atoms with Crippen molar-refractivity contribution in [3.63, 3.8) is 0 Å². The molecule has 4 bridgehead atoms. The Balaban J connectivity index is 1.24. The van der Waals surface area contributed by atoms with Crippen molar-refractivity contribution < 1.29 is 14.3 Å². The monoisotopic (exact) mass is 383 g/mol. The molecule has 150 valence electrons. The van der Waals surface area contributed by atoms with Crippen LogP contribution in [0.25, 0.3) is 0 Å². The highest BCUT2D eigenvalue weighted by Gasteiger charge is 2.54. The lowest BCUT2D eigenvalue weighted by atomic mass is 9.49. The second kappa shape index (κ2) is 7.94. The Morgan fingerprint density at radius 2 is 1.71 bits per heavy atom. The van der Waals surface area contributed by atoms with Gasteiger partial charge in [0.05, 0.1) is 19.4 Å². The fourth-order valence-corrected chi connectivity index (χ4v) is 5.77. The van der Waals surface area contributed by atoms with Gasteiger partial charge in [-0.05, 0) is 93.0 Å². The predicted molar refractivity (Wildman–Crippen MR) is 107 cm³/mol. The van der Waals surface area contributed by atoms with Gasteiger partial charge in [-0.15, -0.1) is 0 Å². The van der Waals surface area contributed by atoms with Gasteiger partial charge in [0.2, 0.25) is 5.91 Å². The molecule has 0 aliphatic heterocycles. The first kappa shape index (κ1) is 19.0. The van der Waals surface area contributed by atoms with E-state index in [-0.39, 0.29) is 23.8 Å². The molecule has 4 aliphatic rings. The molecule has 0 heterocycles. The standard InChI is InChI=1S/C22H29N3O3/c1-2-28-19-5-3-15(4-6-19)13-24-25-20(26)14-23-21(27)22-10-16-7-17(11-22)9-18(8-16)12-22/h3-6,13,16-18H,2,7-12,14H2,1H3,(H,23,27)(H,25,26). The van der Waals surface area contributed by atoms with Crippen LogP contribution in [0.5, 0.6) is 5.75 Å². The maximum Gasteiger partial charge on any atom is 0.259 e. The molecule has 28 heavy (non-hydrogen) atoms. The Morgan fingerprint density at radius 1 is 1.11 bits per heavy atom. The van der Waals surface area contributed by atoms with Crippen molar-refractivity contribution in [2.45, 2.75) is 45.4 Å². The molecule has 0 atom stereocenters. The minimum Gasteiger partial charge on any atom is -0.494 e. The van der Waals surface area contributed by atoms with Gasteiger partial charge in [0, 0.05) is 5.41 Å². The summed E-state index contributed by atoms with van der Waals surface area (Å²) in [6, 6.07) is 7.46. The summed E-state index contributed by atoms with van der Waals surface area (Å²) in [6.07, 6.45) is 8.48. The maximum atomic E-state index is 12.8. The number of nitrogens with zero attached hydrogens (tertiary/aromatic N) is 1. The molecule has 2 N–H and O–H groups in total. The minimum absolute atomic E-state index is 0.0266. The van der Waals surface area contributed by atoms with Crippen molar-refractivity contribution in [1.82, 2.24) is 10.7 Å². The molecule has 1 aromatic rings. The molecular formula is C22H29N3O3. The summed E-state index contributed by atoms with van der Waals surface area (Å²) in [5, 5.41) is 6.84. The van der Waals surface area contributed by atoms with Gasteiger partial charge in [0.15, 0.2) is 0 Å². The average molecular weight is 383 g/mol. The normalized spacial score (nSPS) is 30.4. The number of benzene rings is 1. The average Bonchev–Trinajstić information content (AvgIpc) is 2.66. The number of carbonyl (C=O) groups excluding carboxylic acids is 2. The van der Waals surface area contributed by atoms with Crippen molar-refractivity contribution in [3.05, 3.63) is 29.8 Å². The van der Waals surface area contributed by atoms with E-state index in [2.05, 4.69) is 15.8 Å². The number of hydrogen-bond donors (Lipinski definition) is 2. The van der Waals surface area contributed by atoms with Crippen LogP contribution in [0.3, 0.4) is 0 Å². The lowest BCUT2D eigenvalue weighted by Crippen LogP contribution is -2.54. The number of hydrazone groups is 1. The first-order valence-corrected chi connectivity index (χ1v) is 10.4. The SMILES string of the molecule is CCOc1ccc(C=NNC(=O)CNC(=O)C23CC4CC(CC(C4)C2)C3)cc1. The summed E-state index contributed by atoms with van der Waals surface area (Å²) < 4.78 is 5.39. The fraction of sp³-hybridized carbons (Fsp3) is 0.591. The Kier molecular flexibility index (Phi) is 5.38. The van der Waals surface area contributed by atoms with E-state index >= 15 is 0 Å². The van der Waals surface area contributed by atoms with Gasteiger partial charge in [-0.1, -0.05) is 0 Å². The Bertz CT molecular complexity index is 722. The van der Waals surface area contributed by atoms with Gasteiger partial charge in [-0.3, -0.25) is 9.59 Å². The number of amides is 2. The molecule has 0 spiro atoms. The van der Waals surface area contributed by atoms with Crippen LogP contribution in [-0.2, 0) is 9.59 Å². The molecule has 1 aromatic carbocycles. The molecule has 4 saturated carbocycles. The molecule has 6 heteroatoms. The fourth-order valence-electron chi connectivity index (χ4n) is 5.77. The summed E-state index contributed by atoms with van der Waals surface area (Å²) in [5.41, 5.74) is 3.13. The van der Waals surface area contributed by atoms with E-state index in [1.807, 2.05) is 31.2 Å². The molecule has 5 rings (SSSR count). The van der Waals surface area contributed by atoms with Crippen LogP contribution in [0.15, 0.2) is 29.4 Å². The number of hydrogen-bond acceptors (Lipinski definition) is 4. The van der Waals surface area contributed by atoms with Crippen LogP contribution in [0.2, 0.25) is 0 Å². The van der Waals surface area contributed by atoms with Gasteiger partial charge in [-0.2, -0.15) is 5.10 Å². The zero-order valence-corrected chi connectivity index (χ0v) is 16.4. The molecule has 0 radical (unpaired) electrons. The first-order valence-electron chi connectivity index (χ1n) is 10.4. The Morgan fingerprint density at radius 3 is 2.29 bits per heavy atom. The number of nitrogens with one attached hydrogen (secondary N) is 2. The summed E-state index contributed by atoms with van der Waals surface area (Å²) in [5.74, 6) is 2.70. The van der Waals surface area contributed by atoms with Crippen LogP contribution < -0.4 is 15.5 Å². The molecule has 6 nitrogen and oxygen atoms in total. The van der Waals surface area contributed by atoms with Crippen molar-refractivity contribution in [1.29, 1.82) is 0 Å². The highest BCUT2D eigenvalue weighted by atomic mass is 16.5. The molecule has 4 fully saturated rings. The lowest BCUT2D eigenvalue weighted by molar-refractivity contribution is -0.147. The van der Waals surface area contributed by atoms with E-state index in [9.17, 15) is 9.59 Å². The van der Waals surface area contributed by atoms with Gasteiger partial charge in [0.1, 0.15) is 5.75 Å². The van der Waals surface area contributed by atoms with Crippen LogP contribution >= 0.6 is 0 Å². The predicted octanol–water partition coefficient (Wildman–Crippen LogP) is 2.87. The number of ether oxygens (including phenoxy) is 1. The van der Waals surface area contributed by atoms with Crippen molar-refractivity contribution in [3.8, 4) is 5.75 Å². The minimum atomic E-state index is -0.305. The zero-order valence-electron chi connectivity index (χ0n) is 16.4. The number of carbonyl (C=O) groups is 2. The van der Waals surface area contributed by atoms with Crippen LogP contribution in [0.1, 0.15) is 51.0 Å². The van der Waals surface area contributed by atoms with Gasteiger partial charge < -0.3 is 10.1 Å². The molecule has 0 unspecified atom stereocenters. The molecule has 2 amide bonds. The van der Waals surface area contributed by atoms with E-state index in [0.717, 1.165) is 30.6 Å². The smallest absolute Gasteiger partial charge is 0.259 e. The first-order chi connectivity index (χ1) is 13.6. The van der Waals surface area contributed by atoms with E-state index in [0.29, 0.717) is 24.4 Å². The maximum absolute atomic E-state index is 12.8. The quantitative estimate of drug-likeness (QED) is 0.561. The van der Waals surface area contributed by atoms with E-state index < -0.39 is 0 Å². The van der Waals surface area contributed by atoms with Gasteiger partial charge in [0.25, 0.3) is 5.91 Å². The highest BCUT2D eigenvalue weighted by molar-refractivity contribution is 5.89. The van der Waals surface area contributed by atoms with Crippen molar-refractivity contribution in [2.24, 2.45) is 28.3 Å². The largest absolute Gasteiger partial charge is 0.494 e. The third kappa shape index (κ3) is 4.05. The van der Waals surface area contributed by atoms with E-state index in [1.165, 1.54) is 19.3 Å². The van der Waals surface area contributed by atoms with Crippen LogP contribution in [0, 0.1) is 23.2 Å². The van der Waals surface area contributed by atoms with Crippen molar-refractivity contribution >= 4 is 18.0 Å². The molecule has 0 saturated heterocycles. The van der Waals surface area contributed by atoms with E-state index in [4.69, 9.17) is 4.74 Å². The van der Waals surface area contributed by atoms with Gasteiger partial charge in [-0.25, -0.2) is 5.43 Å². The van der Waals surface area contributed by atoms with Crippen LogP contribution in [0.4, 0.5) is 0 Å². The summed E-state index contributed by atoms with van der Waals surface area (Å²) in [7, 11) is 0. The van der Waals surface area contributed by atoms with Gasteiger partial charge >= 0.3 is 0 Å². The molecule has 0 aromatic heterocycles. The van der Waals surface area contributed by atoms with E-state index in [1.54, 1.807) is 6.21 Å². The number of rotatable bonds is 7. The second-order valence-electron chi connectivity index (χ2n) is 8.68. The summed E-state index contributed by atoms with van der Waals surface area (Å²) >= 11 is 0. The summed E-state index contributed by atoms with van der Waals surface area (Å²) in [4.78, 5) is 24.9. The van der Waals surface area contributed by atoms with Crippen LogP contribution in [-0.4, -0.2) is 31.2 Å². The lowest BCUT2D eigenvalue weighted by Gasteiger charge is -2.55. The Hall–Kier alpha value is -2.37. The van der Waals surface area contributed by atoms with Crippen molar-refractivity contribution in [2.75, 3.05) is 13.2 Å². The topological polar surface area (TPSA) is 79.8 Å². The third-order valence-electron chi connectivity index (χ3n) is 6.52. The third-order valence-corrected chi connectivity index (χ3v) is 6.52. The highest BCUT2D eigenvalue weighted by Crippen LogP contribution is 2.60.